The largest absolute Gasteiger partial charge is 0.355 e. The number of hydrogen-bond acceptors (Lipinski definition) is 2. The molecule has 0 spiro atoms. The van der Waals surface area contributed by atoms with E-state index >= 15 is 0 Å². The first kappa shape index (κ1) is 14.8. The van der Waals surface area contributed by atoms with Gasteiger partial charge >= 0.3 is 0 Å². The van der Waals surface area contributed by atoms with Gasteiger partial charge in [0.05, 0.1) is 6.54 Å². The molecule has 18 heavy (non-hydrogen) atoms. The molecule has 0 atom stereocenters. The predicted molar refractivity (Wildman–Crippen MR) is 72.1 cm³/mol. The van der Waals surface area contributed by atoms with Crippen molar-refractivity contribution in [1.82, 2.24) is 10.2 Å². The number of benzene rings is 1. The molecule has 1 aromatic rings. The zero-order valence-electron chi connectivity index (χ0n) is 10.2. The summed E-state index contributed by atoms with van der Waals surface area (Å²) in [4.78, 5) is 24.7. The van der Waals surface area contributed by atoms with Crippen molar-refractivity contribution in [2.45, 2.75) is 6.92 Å². The molecule has 2 amide bonds. The minimum Gasteiger partial charge on any atom is -0.355 e. The maximum atomic E-state index is 12.0. The number of hydrogen-bond donors (Lipinski definition) is 1. The number of likely N-dealkylation sites (N-methyl/N-ethyl adjacent to an activating group) is 2. The fourth-order valence-electron chi connectivity index (χ4n) is 1.44. The molecule has 0 unspecified atom stereocenters. The molecule has 6 heteroatoms. The number of carbonyl (C=O) groups excluding carboxylic acids is 2. The summed E-state index contributed by atoms with van der Waals surface area (Å²) in [6.45, 7) is 2.34. The Morgan fingerprint density at radius 3 is 2.28 bits per heavy atom. The highest BCUT2D eigenvalue weighted by Gasteiger charge is 2.15. The van der Waals surface area contributed by atoms with Gasteiger partial charge in [-0.05, 0) is 25.1 Å². The van der Waals surface area contributed by atoms with Gasteiger partial charge in [-0.25, -0.2) is 0 Å². The molecule has 1 N–H and O–H groups in total. The summed E-state index contributed by atoms with van der Waals surface area (Å²) in [6.07, 6.45) is 0. The van der Waals surface area contributed by atoms with E-state index in [1.165, 1.54) is 17.0 Å². The Morgan fingerprint density at radius 1 is 1.22 bits per heavy atom. The van der Waals surface area contributed by atoms with Crippen molar-refractivity contribution >= 4 is 35.0 Å². The average Bonchev–Trinajstić information content (AvgIpc) is 2.26. The third kappa shape index (κ3) is 4.20. The molecule has 0 saturated carbocycles. The van der Waals surface area contributed by atoms with Gasteiger partial charge in [0.25, 0.3) is 5.91 Å². The fourth-order valence-corrected chi connectivity index (χ4v) is 1.96. The van der Waals surface area contributed by atoms with Gasteiger partial charge in [0.2, 0.25) is 5.91 Å². The standard InChI is InChI=1S/C12H14Cl2N2O2/c1-3-15-11(17)7-16(2)12(18)8-4-9(13)6-10(14)5-8/h4-6H,3,7H2,1-2H3,(H,15,17). The van der Waals surface area contributed by atoms with Gasteiger partial charge in [0, 0.05) is 29.2 Å². The van der Waals surface area contributed by atoms with Crippen LogP contribution in [0.1, 0.15) is 17.3 Å². The number of rotatable bonds is 4. The molecule has 0 saturated heterocycles. The van der Waals surface area contributed by atoms with Crippen molar-refractivity contribution in [2.75, 3.05) is 20.1 Å². The van der Waals surface area contributed by atoms with Crippen molar-refractivity contribution in [3.8, 4) is 0 Å². The molecule has 0 aliphatic carbocycles. The third-order valence-corrected chi connectivity index (χ3v) is 2.65. The van der Waals surface area contributed by atoms with E-state index in [0.29, 0.717) is 22.2 Å². The van der Waals surface area contributed by atoms with Crippen LogP contribution in [0, 0.1) is 0 Å². The monoisotopic (exact) mass is 288 g/mol. The van der Waals surface area contributed by atoms with Crippen LogP contribution in [0.15, 0.2) is 18.2 Å². The second kappa shape index (κ2) is 6.61. The Labute approximate surface area is 116 Å². The van der Waals surface area contributed by atoms with Crippen LogP contribution in [0.3, 0.4) is 0 Å². The minimum absolute atomic E-state index is 0.00317. The van der Waals surface area contributed by atoms with Crippen LogP contribution >= 0.6 is 23.2 Å². The van der Waals surface area contributed by atoms with Crippen LogP contribution in [0.25, 0.3) is 0 Å². The van der Waals surface area contributed by atoms with Crippen LogP contribution in [0.4, 0.5) is 0 Å². The van der Waals surface area contributed by atoms with Crippen LogP contribution in [0.2, 0.25) is 10.0 Å². The van der Waals surface area contributed by atoms with E-state index in [0.717, 1.165) is 0 Å². The molecule has 4 nitrogen and oxygen atoms in total. The minimum atomic E-state index is -0.300. The summed E-state index contributed by atoms with van der Waals surface area (Å²) in [5.41, 5.74) is 0.360. The zero-order chi connectivity index (χ0) is 13.7. The summed E-state index contributed by atoms with van der Waals surface area (Å²) in [5, 5.41) is 3.39. The lowest BCUT2D eigenvalue weighted by molar-refractivity contribution is -0.121. The summed E-state index contributed by atoms with van der Waals surface area (Å²) >= 11 is 11.6. The summed E-state index contributed by atoms with van der Waals surface area (Å²) < 4.78 is 0. The average molecular weight is 289 g/mol. The lowest BCUT2D eigenvalue weighted by Gasteiger charge is -2.16. The first-order valence-electron chi connectivity index (χ1n) is 5.42. The number of nitrogens with zero attached hydrogens (tertiary/aromatic N) is 1. The Balaban J connectivity index is 2.77. The smallest absolute Gasteiger partial charge is 0.254 e. The molecule has 0 aromatic heterocycles. The molecule has 0 heterocycles. The molecule has 0 aliphatic heterocycles. The normalized spacial score (nSPS) is 10.0. The summed E-state index contributed by atoms with van der Waals surface area (Å²) in [7, 11) is 1.55. The van der Waals surface area contributed by atoms with Gasteiger partial charge in [-0.2, -0.15) is 0 Å². The molecule has 0 fully saturated rings. The van der Waals surface area contributed by atoms with Crippen LogP contribution < -0.4 is 5.32 Å². The lowest BCUT2D eigenvalue weighted by Crippen LogP contribution is -2.38. The first-order chi connectivity index (χ1) is 8.43. The van der Waals surface area contributed by atoms with Gasteiger partial charge in [0.15, 0.2) is 0 Å². The molecule has 0 bridgehead atoms. The molecular weight excluding hydrogens is 275 g/mol. The van der Waals surface area contributed by atoms with E-state index in [9.17, 15) is 9.59 Å². The summed E-state index contributed by atoms with van der Waals surface area (Å²) in [5.74, 6) is -0.507. The van der Waals surface area contributed by atoms with Crippen LogP contribution in [-0.2, 0) is 4.79 Å². The third-order valence-electron chi connectivity index (χ3n) is 2.21. The maximum Gasteiger partial charge on any atom is 0.254 e. The lowest BCUT2D eigenvalue weighted by atomic mass is 10.2. The number of amides is 2. The second-order valence-electron chi connectivity index (χ2n) is 3.77. The van der Waals surface area contributed by atoms with Crippen LogP contribution in [-0.4, -0.2) is 36.9 Å². The Morgan fingerprint density at radius 2 is 1.78 bits per heavy atom. The van der Waals surface area contributed by atoms with E-state index in [1.807, 2.05) is 6.92 Å². The van der Waals surface area contributed by atoms with Gasteiger partial charge in [0.1, 0.15) is 0 Å². The van der Waals surface area contributed by atoms with Gasteiger partial charge in [-0.3, -0.25) is 9.59 Å². The van der Waals surface area contributed by atoms with Crippen LogP contribution in [0.5, 0.6) is 0 Å². The Kier molecular flexibility index (Phi) is 5.44. The van der Waals surface area contributed by atoms with E-state index < -0.39 is 0 Å². The van der Waals surface area contributed by atoms with Crippen molar-refractivity contribution in [1.29, 1.82) is 0 Å². The highest BCUT2D eigenvalue weighted by Crippen LogP contribution is 2.19. The molecule has 1 rings (SSSR count). The van der Waals surface area contributed by atoms with Gasteiger partial charge in [-0.1, -0.05) is 23.2 Å². The predicted octanol–water partition coefficient (Wildman–Crippen LogP) is 2.20. The quantitative estimate of drug-likeness (QED) is 0.923. The highest BCUT2D eigenvalue weighted by molar-refractivity contribution is 6.35. The Hall–Kier alpha value is -1.26. The molecule has 98 valence electrons. The van der Waals surface area contributed by atoms with Crippen molar-refractivity contribution in [3.05, 3.63) is 33.8 Å². The van der Waals surface area contributed by atoms with Gasteiger partial charge in [-0.15, -0.1) is 0 Å². The molecular formula is C12H14Cl2N2O2. The topological polar surface area (TPSA) is 49.4 Å². The zero-order valence-corrected chi connectivity index (χ0v) is 11.7. The van der Waals surface area contributed by atoms with E-state index in [1.54, 1.807) is 13.1 Å². The molecule has 0 radical (unpaired) electrons. The molecule has 1 aromatic carbocycles. The SMILES string of the molecule is CCNC(=O)CN(C)C(=O)c1cc(Cl)cc(Cl)c1. The maximum absolute atomic E-state index is 12.0. The second-order valence-corrected chi connectivity index (χ2v) is 4.65. The van der Waals surface area contributed by atoms with E-state index in [-0.39, 0.29) is 18.4 Å². The highest BCUT2D eigenvalue weighted by atomic mass is 35.5. The van der Waals surface area contributed by atoms with E-state index in [4.69, 9.17) is 23.2 Å². The summed E-state index contributed by atoms with van der Waals surface area (Å²) in [6, 6.07) is 4.58. The first-order valence-corrected chi connectivity index (χ1v) is 6.18. The number of carbonyl (C=O) groups is 2. The number of nitrogens with one attached hydrogen (secondary N) is 1. The van der Waals surface area contributed by atoms with E-state index in [2.05, 4.69) is 5.32 Å². The fraction of sp³-hybridized carbons (Fsp3) is 0.333. The van der Waals surface area contributed by atoms with Crippen molar-refractivity contribution in [3.63, 3.8) is 0 Å². The Bertz CT molecular complexity index is 443. The van der Waals surface area contributed by atoms with Crippen molar-refractivity contribution in [2.24, 2.45) is 0 Å². The van der Waals surface area contributed by atoms with Gasteiger partial charge < -0.3 is 10.2 Å². The number of halogens is 2. The molecule has 0 aliphatic rings. The van der Waals surface area contributed by atoms with Crippen molar-refractivity contribution < 1.29 is 9.59 Å².